The van der Waals surface area contributed by atoms with E-state index in [9.17, 15) is 19.2 Å². The molecule has 30 heavy (non-hydrogen) atoms. The zero-order chi connectivity index (χ0) is 22.5. The maximum atomic E-state index is 12.5. The SMILES string of the molecule is CCOC(=O)c1c(NC(=O)COC(=O)C(C)(C)c2cccnc2)sc(C(N)=O)c1C. The predicted octanol–water partition coefficient (Wildman–Crippen LogP) is 2.19. The molecule has 0 aliphatic rings. The second-order valence-electron chi connectivity index (χ2n) is 6.84. The highest BCUT2D eigenvalue weighted by Crippen LogP contribution is 2.33. The summed E-state index contributed by atoms with van der Waals surface area (Å²) in [5.74, 6) is -2.71. The van der Waals surface area contributed by atoms with Crippen LogP contribution in [0.4, 0.5) is 5.00 Å². The molecule has 0 saturated carbocycles. The standard InChI is InChI=1S/C20H23N3O6S/c1-5-28-18(26)14-11(2)15(16(21)25)30-17(14)23-13(24)10-29-19(27)20(3,4)12-7-6-8-22-9-12/h6-9H,5,10H2,1-4H3,(H2,21,25)(H,23,24). The first-order valence-corrected chi connectivity index (χ1v) is 9.89. The largest absolute Gasteiger partial charge is 0.462 e. The number of nitrogens with two attached hydrogens (primary N) is 1. The van der Waals surface area contributed by atoms with Gasteiger partial charge in [-0.2, -0.15) is 0 Å². The first-order chi connectivity index (χ1) is 14.1. The molecule has 3 N–H and O–H groups in total. The molecule has 2 aromatic rings. The second kappa shape index (κ2) is 9.49. The van der Waals surface area contributed by atoms with Crippen molar-refractivity contribution in [2.75, 3.05) is 18.5 Å². The lowest BCUT2D eigenvalue weighted by molar-refractivity contribution is -0.152. The van der Waals surface area contributed by atoms with Gasteiger partial charge in [0, 0.05) is 12.4 Å². The lowest BCUT2D eigenvalue weighted by Gasteiger charge is -2.22. The van der Waals surface area contributed by atoms with E-state index in [-0.39, 0.29) is 22.0 Å². The lowest BCUT2D eigenvalue weighted by atomic mass is 9.86. The topological polar surface area (TPSA) is 138 Å². The fraction of sp³-hybridized carbons (Fsp3) is 0.350. The van der Waals surface area contributed by atoms with E-state index in [1.54, 1.807) is 45.3 Å². The molecule has 0 aromatic carbocycles. The van der Waals surface area contributed by atoms with Gasteiger partial charge in [-0.15, -0.1) is 11.3 Å². The number of amides is 2. The number of pyridine rings is 1. The van der Waals surface area contributed by atoms with Gasteiger partial charge in [-0.25, -0.2) is 4.79 Å². The molecular weight excluding hydrogens is 410 g/mol. The lowest BCUT2D eigenvalue weighted by Crippen LogP contribution is -2.33. The fourth-order valence-electron chi connectivity index (χ4n) is 2.61. The van der Waals surface area contributed by atoms with E-state index in [0.29, 0.717) is 11.1 Å². The van der Waals surface area contributed by atoms with E-state index in [2.05, 4.69) is 10.3 Å². The van der Waals surface area contributed by atoms with Gasteiger partial charge in [0.2, 0.25) is 0 Å². The molecule has 0 aliphatic carbocycles. The number of aromatic nitrogens is 1. The van der Waals surface area contributed by atoms with E-state index in [0.717, 1.165) is 11.3 Å². The van der Waals surface area contributed by atoms with Crippen LogP contribution in [0, 0.1) is 6.92 Å². The summed E-state index contributed by atoms with van der Waals surface area (Å²) in [5, 5.41) is 2.60. The molecule has 160 valence electrons. The van der Waals surface area contributed by atoms with Crippen LogP contribution in [0.3, 0.4) is 0 Å². The molecule has 0 spiro atoms. The Kier molecular flexibility index (Phi) is 7.28. The van der Waals surface area contributed by atoms with Gasteiger partial charge in [0.15, 0.2) is 6.61 Å². The zero-order valence-electron chi connectivity index (χ0n) is 17.1. The molecule has 0 saturated heterocycles. The molecule has 0 bridgehead atoms. The van der Waals surface area contributed by atoms with Gasteiger partial charge in [0.1, 0.15) is 5.00 Å². The van der Waals surface area contributed by atoms with Gasteiger partial charge >= 0.3 is 11.9 Å². The Morgan fingerprint density at radius 3 is 2.50 bits per heavy atom. The summed E-state index contributed by atoms with van der Waals surface area (Å²) >= 11 is 0.857. The van der Waals surface area contributed by atoms with E-state index in [1.165, 1.54) is 6.92 Å². The maximum absolute atomic E-state index is 12.5. The smallest absolute Gasteiger partial charge is 0.341 e. The number of nitrogens with zero attached hydrogens (tertiary/aromatic N) is 1. The number of anilines is 1. The van der Waals surface area contributed by atoms with Crippen molar-refractivity contribution in [3.8, 4) is 0 Å². The van der Waals surface area contributed by atoms with Crippen molar-refractivity contribution in [3.05, 3.63) is 46.1 Å². The summed E-state index contributed by atoms with van der Waals surface area (Å²) in [5.41, 5.74) is 5.33. The van der Waals surface area contributed by atoms with Crippen LogP contribution < -0.4 is 11.1 Å². The van der Waals surface area contributed by atoms with Crippen molar-refractivity contribution in [1.82, 2.24) is 4.98 Å². The monoisotopic (exact) mass is 433 g/mol. The predicted molar refractivity (Wildman–Crippen MR) is 110 cm³/mol. The molecule has 2 rings (SSSR count). The number of thiophene rings is 1. The summed E-state index contributed by atoms with van der Waals surface area (Å²) < 4.78 is 10.1. The van der Waals surface area contributed by atoms with Gasteiger partial charge in [0.05, 0.1) is 22.5 Å². The Balaban J connectivity index is 2.13. The maximum Gasteiger partial charge on any atom is 0.341 e. The highest BCUT2D eigenvalue weighted by Gasteiger charge is 2.32. The minimum atomic E-state index is -1.01. The van der Waals surface area contributed by atoms with Gasteiger partial charge < -0.3 is 20.5 Å². The van der Waals surface area contributed by atoms with Gasteiger partial charge in [-0.1, -0.05) is 6.07 Å². The van der Waals surface area contributed by atoms with Crippen molar-refractivity contribution in [3.63, 3.8) is 0 Å². The third-order valence-corrected chi connectivity index (χ3v) is 5.55. The van der Waals surface area contributed by atoms with E-state index < -0.39 is 35.8 Å². The van der Waals surface area contributed by atoms with Crippen molar-refractivity contribution in [2.24, 2.45) is 5.73 Å². The van der Waals surface area contributed by atoms with Crippen LogP contribution >= 0.6 is 11.3 Å². The van der Waals surface area contributed by atoms with Crippen LogP contribution in [0.25, 0.3) is 0 Å². The van der Waals surface area contributed by atoms with Crippen molar-refractivity contribution in [2.45, 2.75) is 33.1 Å². The zero-order valence-corrected chi connectivity index (χ0v) is 17.9. The Hall–Kier alpha value is -3.27. The van der Waals surface area contributed by atoms with Crippen LogP contribution in [0.15, 0.2) is 24.5 Å². The van der Waals surface area contributed by atoms with E-state index >= 15 is 0 Å². The van der Waals surface area contributed by atoms with Crippen LogP contribution in [0.1, 0.15) is 51.9 Å². The number of ether oxygens (including phenoxy) is 2. The minimum absolute atomic E-state index is 0.0472. The molecule has 2 heterocycles. The third kappa shape index (κ3) is 5.01. The molecule has 9 nitrogen and oxygen atoms in total. The molecule has 0 fully saturated rings. The first-order valence-electron chi connectivity index (χ1n) is 9.07. The number of esters is 2. The molecule has 0 aliphatic heterocycles. The molecule has 2 aromatic heterocycles. The molecule has 10 heteroatoms. The summed E-state index contributed by atoms with van der Waals surface area (Å²) in [6.45, 7) is 6.03. The Labute approximate surface area is 177 Å². The van der Waals surface area contributed by atoms with Crippen LogP contribution in [-0.4, -0.2) is 42.0 Å². The second-order valence-corrected chi connectivity index (χ2v) is 7.86. The van der Waals surface area contributed by atoms with Gasteiger partial charge in [-0.3, -0.25) is 19.4 Å². The highest BCUT2D eigenvalue weighted by atomic mass is 32.1. The van der Waals surface area contributed by atoms with E-state index in [1.807, 2.05) is 0 Å². The van der Waals surface area contributed by atoms with Crippen molar-refractivity contribution >= 4 is 40.1 Å². The molecule has 0 radical (unpaired) electrons. The minimum Gasteiger partial charge on any atom is -0.462 e. The summed E-state index contributed by atoms with van der Waals surface area (Å²) in [6.07, 6.45) is 3.13. The number of rotatable bonds is 8. The number of nitrogens with one attached hydrogen (secondary N) is 1. The molecule has 0 atom stereocenters. The Morgan fingerprint density at radius 1 is 1.23 bits per heavy atom. The number of hydrogen-bond acceptors (Lipinski definition) is 8. The van der Waals surface area contributed by atoms with E-state index in [4.69, 9.17) is 15.2 Å². The van der Waals surface area contributed by atoms with Crippen LogP contribution in [0.2, 0.25) is 0 Å². The summed E-state index contributed by atoms with van der Waals surface area (Å²) in [6, 6.07) is 3.43. The van der Waals surface area contributed by atoms with Crippen LogP contribution in [-0.2, 0) is 24.5 Å². The Bertz CT molecular complexity index is 968. The van der Waals surface area contributed by atoms with Crippen molar-refractivity contribution < 1.29 is 28.7 Å². The third-order valence-electron chi connectivity index (χ3n) is 4.33. The number of carbonyl (C=O) groups is 4. The quantitative estimate of drug-likeness (QED) is 0.609. The molecule has 2 amide bonds. The Morgan fingerprint density at radius 2 is 1.93 bits per heavy atom. The highest BCUT2D eigenvalue weighted by molar-refractivity contribution is 7.18. The van der Waals surface area contributed by atoms with Gasteiger partial charge in [0.25, 0.3) is 11.8 Å². The molecular formula is C20H23N3O6S. The van der Waals surface area contributed by atoms with Gasteiger partial charge in [-0.05, 0) is 44.9 Å². The normalized spacial score (nSPS) is 10.9. The summed E-state index contributed by atoms with van der Waals surface area (Å²) in [4.78, 5) is 52.8. The number of primary amides is 1. The first kappa shape index (κ1) is 23.0. The average Bonchev–Trinajstić information content (AvgIpc) is 3.03. The number of carbonyl (C=O) groups excluding carboxylic acids is 4. The molecule has 0 unspecified atom stereocenters. The average molecular weight is 433 g/mol. The van der Waals surface area contributed by atoms with Crippen LogP contribution in [0.5, 0.6) is 0 Å². The van der Waals surface area contributed by atoms with Crippen molar-refractivity contribution in [1.29, 1.82) is 0 Å². The fourth-order valence-corrected chi connectivity index (χ4v) is 3.67. The number of hydrogen-bond donors (Lipinski definition) is 2. The summed E-state index contributed by atoms with van der Waals surface area (Å²) in [7, 11) is 0.